The highest BCUT2D eigenvalue weighted by atomic mass is 35.5. The Morgan fingerprint density at radius 1 is 0.977 bits per heavy atom. The molecule has 1 N–H and O–H groups in total. The summed E-state index contributed by atoms with van der Waals surface area (Å²) in [5.74, 6) is -0.226. The van der Waals surface area contributed by atoms with Crippen molar-refractivity contribution in [1.82, 2.24) is 10.2 Å². The summed E-state index contributed by atoms with van der Waals surface area (Å²) in [5, 5.41) is 3.56. The van der Waals surface area contributed by atoms with E-state index in [2.05, 4.69) is 5.32 Å². The lowest BCUT2D eigenvalue weighted by molar-refractivity contribution is -0.139. The topological polar surface area (TPSA) is 96.0 Å². The highest BCUT2D eigenvalue weighted by Crippen LogP contribution is 2.27. The highest BCUT2D eigenvalue weighted by Gasteiger charge is 2.33. The number of carbonyl (C=O) groups is 2. The van der Waals surface area contributed by atoms with Gasteiger partial charge in [-0.05, 0) is 81.6 Å². The molecule has 43 heavy (non-hydrogen) atoms. The Morgan fingerprint density at radius 2 is 1.63 bits per heavy atom. The predicted molar refractivity (Wildman–Crippen MR) is 170 cm³/mol. The van der Waals surface area contributed by atoms with Gasteiger partial charge in [0.05, 0.1) is 17.2 Å². The van der Waals surface area contributed by atoms with Crippen molar-refractivity contribution in [3.05, 3.63) is 88.9 Å². The number of nitrogens with one attached hydrogen (secondary N) is 1. The lowest BCUT2D eigenvalue weighted by Gasteiger charge is -2.33. The standard InChI is InChI=1S/C33H40ClN3O5S/c1-4-42-29-18-16-28(17-19-29)37(43(40,41)30-20-14-24(2)15-21-30)23-32(38)36(22-26-10-8-9-13-31(26)34)25(3)33(39)35-27-11-6-5-7-12-27/h8-10,13-21,25,27H,4-7,11-12,22-23H2,1-3H3,(H,35,39)/t25-/m0/s1. The molecule has 10 heteroatoms. The Balaban J connectivity index is 1.68. The van der Waals surface area contributed by atoms with Crippen LogP contribution in [0, 0.1) is 6.92 Å². The molecule has 1 saturated carbocycles. The third kappa shape index (κ3) is 8.30. The van der Waals surface area contributed by atoms with Gasteiger partial charge in [0.1, 0.15) is 18.3 Å². The van der Waals surface area contributed by atoms with Crippen LogP contribution in [0.4, 0.5) is 5.69 Å². The zero-order valence-electron chi connectivity index (χ0n) is 25.0. The van der Waals surface area contributed by atoms with Crippen molar-refractivity contribution < 1.29 is 22.7 Å². The number of hydrogen-bond donors (Lipinski definition) is 1. The normalized spacial score (nSPS) is 14.5. The highest BCUT2D eigenvalue weighted by molar-refractivity contribution is 7.92. The molecule has 8 nitrogen and oxygen atoms in total. The minimum absolute atomic E-state index is 0.0411. The molecular formula is C33H40ClN3O5S. The Bertz CT molecular complexity index is 1490. The number of carbonyl (C=O) groups excluding carboxylic acids is 2. The Hall–Kier alpha value is -3.56. The molecule has 0 unspecified atom stereocenters. The van der Waals surface area contributed by atoms with Crippen molar-refractivity contribution in [2.45, 2.75) is 76.4 Å². The van der Waals surface area contributed by atoms with Gasteiger partial charge in [0.15, 0.2) is 0 Å². The molecule has 0 spiro atoms. The first-order valence-corrected chi connectivity index (χ1v) is 16.6. The molecule has 230 valence electrons. The van der Waals surface area contributed by atoms with Gasteiger partial charge < -0.3 is 15.0 Å². The maximum atomic E-state index is 14.2. The molecule has 3 aromatic carbocycles. The number of rotatable bonds is 12. The van der Waals surface area contributed by atoms with E-state index in [9.17, 15) is 18.0 Å². The third-order valence-corrected chi connectivity index (χ3v) is 9.90. The van der Waals surface area contributed by atoms with Gasteiger partial charge in [-0.2, -0.15) is 0 Å². The first kappa shape index (κ1) is 32.4. The van der Waals surface area contributed by atoms with Crippen LogP contribution < -0.4 is 14.4 Å². The summed E-state index contributed by atoms with van der Waals surface area (Å²) in [6.45, 7) is 5.38. The summed E-state index contributed by atoms with van der Waals surface area (Å²) in [4.78, 5) is 29.1. The molecule has 0 aliphatic heterocycles. The third-order valence-electron chi connectivity index (χ3n) is 7.74. The molecule has 0 saturated heterocycles. The van der Waals surface area contributed by atoms with Crippen LogP contribution in [-0.4, -0.2) is 50.4 Å². The summed E-state index contributed by atoms with van der Waals surface area (Å²) in [7, 11) is -4.16. The van der Waals surface area contributed by atoms with E-state index in [0.29, 0.717) is 28.6 Å². The fraction of sp³-hybridized carbons (Fsp3) is 0.394. The van der Waals surface area contributed by atoms with E-state index in [0.717, 1.165) is 42.0 Å². The molecular weight excluding hydrogens is 586 g/mol. The molecule has 1 atom stereocenters. The first-order chi connectivity index (χ1) is 20.6. The van der Waals surface area contributed by atoms with Gasteiger partial charge in [0, 0.05) is 17.6 Å². The Labute approximate surface area is 260 Å². The zero-order valence-corrected chi connectivity index (χ0v) is 26.5. The van der Waals surface area contributed by atoms with E-state index in [4.69, 9.17) is 16.3 Å². The fourth-order valence-electron chi connectivity index (χ4n) is 5.20. The van der Waals surface area contributed by atoms with Gasteiger partial charge in [-0.15, -0.1) is 0 Å². The summed E-state index contributed by atoms with van der Waals surface area (Å²) in [6, 6.07) is 19.4. The van der Waals surface area contributed by atoms with E-state index in [-0.39, 0.29) is 23.4 Å². The molecule has 0 heterocycles. The van der Waals surface area contributed by atoms with Crippen LogP contribution in [0.3, 0.4) is 0 Å². The average molecular weight is 626 g/mol. The minimum atomic E-state index is -4.16. The number of benzene rings is 3. The number of halogens is 1. The monoisotopic (exact) mass is 625 g/mol. The van der Waals surface area contributed by atoms with Crippen LogP contribution in [0.25, 0.3) is 0 Å². The summed E-state index contributed by atoms with van der Waals surface area (Å²) >= 11 is 6.46. The molecule has 4 rings (SSSR count). The molecule has 1 aliphatic carbocycles. The first-order valence-electron chi connectivity index (χ1n) is 14.8. The quantitative estimate of drug-likeness (QED) is 0.262. The zero-order chi connectivity index (χ0) is 31.0. The molecule has 0 radical (unpaired) electrons. The minimum Gasteiger partial charge on any atom is -0.494 e. The van der Waals surface area contributed by atoms with Gasteiger partial charge in [0.2, 0.25) is 11.8 Å². The summed E-state index contributed by atoms with van der Waals surface area (Å²) in [5.41, 5.74) is 1.87. The summed E-state index contributed by atoms with van der Waals surface area (Å²) < 4.78 is 34.7. The number of aryl methyl sites for hydroxylation is 1. The molecule has 2 amide bonds. The molecule has 1 aliphatic rings. The van der Waals surface area contributed by atoms with Crippen LogP contribution in [0.15, 0.2) is 77.7 Å². The Morgan fingerprint density at radius 3 is 2.26 bits per heavy atom. The van der Waals surface area contributed by atoms with Gasteiger partial charge in [-0.3, -0.25) is 13.9 Å². The lowest BCUT2D eigenvalue weighted by atomic mass is 9.95. The van der Waals surface area contributed by atoms with Crippen LogP contribution in [0.5, 0.6) is 5.75 Å². The van der Waals surface area contributed by atoms with Crippen LogP contribution in [0.2, 0.25) is 5.02 Å². The van der Waals surface area contributed by atoms with Gasteiger partial charge >= 0.3 is 0 Å². The van der Waals surface area contributed by atoms with Crippen molar-refractivity contribution >= 4 is 39.1 Å². The van der Waals surface area contributed by atoms with Crippen LogP contribution >= 0.6 is 11.6 Å². The second kappa shape index (κ2) is 14.8. The van der Waals surface area contributed by atoms with E-state index in [1.54, 1.807) is 61.5 Å². The van der Waals surface area contributed by atoms with E-state index in [1.807, 2.05) is 19.9 Å². The molecule has 0 bridgehead atoms. The summed E-state index contributed by atoms with van der Waals surface area (Å²) in [6.07, 6.45) is 5.05. The number of hydrogen-bond acceptors (Lipinski definition) is 5. The van der Waals surface area contributed by atoms with Crippen molar-refractivity contribution in [3.8, 4) is 5.75 Å². The van der Waals surface area contributed by atoms with Crippen molar-refractivity contribution in [2.24, 2.45) is 0 Å². The van der Waals surface area contributed by atoms with E-state index in [1.165, 1.54) is 17.0 Å². The molecule has 1 fully saturated rings. The van der Waals surface area contributed by atoms with Crippen molar-refractivity contribution in [2.75, 3.05) is 17.5 Å². The smallest absolute Gasteiger partial charge is 0.264 e. The Kier molecular flexibility index (Phi) is 11.1. The number of ether oxygens (including phenoxy) is 1. The second-order valence-corrected chi connectivity index (χ2v) is 13.2. The van der Waals surface area contributed by atoms with Crippen molar-refractivity contribution in [1.29, 1.82) is 0 Å². The molecule has 0 aromatic heterocycles. The fourth-order valence-corrected chi connectivity index (χ4v) is 6.81. The van der Waals surface area contributed by atoms with Gasteiger partial charge in [0.25, 0.3) is 10.0 Å². The number of sulfonamides is 1. The SMILES string of the molecule is CCOc1ccc(N(CC(=O)N(Cc2ccccc2Cl)[C@@H](C)C(=O)NC2CCCCC2)S(=O)(=O)c2ccc(C)cc2)cc1. The number of amides is 2. The number of anilines is 1. The van der Waals surface area contributed by atoms with Gasteiger partial charge in [-0.25, -0.2) is 8.42 Å². The molecule has 3 aromatic rings. The predicted octanol–water partition coefficient (Wildman–Crippen LogP) is 6.11. The maximum absolute atomic E-state index is 14.2. The second-order valence-electron chi connectivity index (χ2n) is 10.9. The van der Waals surface area contributed by atoms with E-state index < -0.39 is 28.5 Å². The van der Waals surface area contributed by atoms with Crippen LogP contribution in [-0.2, 0) is 26.2 Å². The van der Waals surface area contributed by atoms with Crippen LogP contribution in [0.1, 0.15) is 57.1 Å². The lowest BCUT2D eigenvalue weighted by Crippen LogP contribution is -2.53. The van der Waals surface area contributed by atoms with E-state index >= 15 is 0 Å². The average Bonchev–Trinajstić information content (AvgIpc) is 3.00. The van der Waals surface area contributed by atoms with Crippen molar-refractivity contribution in [3.63, 3.8) is 0 Å². The largest absolute Gasteiger partial charge is 0.494 e. The maximum Gasteiger partial charge on any atom is 0.264 e. The number of nitrogens with zero attached hydrogens (tertiary/aromatic N) is 2. The van der Waals surface area contributed by atoms with Gasteiger partial charge in [-0.1, -0.05) is 66.8 Å².